The minimum Gasteiger partial charge on any atom is -0.366 e. The predicted octanol–water partition coefficient (Wildman–Crippen LogP) is 4.27. The normalized spacial score (nSPS) is 14.2. The highest BCUT2D eigenvalue weighted by molar-refractivity contribution is 5.59. The van der Waals surface area contributed by atoms with E-state index in [9.17, 15) is 13.2 Å². The summed E-state index contributed by atoms with van der Waals surface area (Å²) in [4.78, 5) is 13.0. The van der Waals surface area contributed by atoms with Crippen LogP contribution in [0.25, 0.3) is 0 Å². The molecule has 150 valence electrons. The van der Waals surface area contributed by atoms with Gasteiger partial charge in [0.2, 0.25) is 5.95 Å². The van der Waals surface area contributed by atoms with Gasteiger partial charge in [-0.1, -0.05) is 12.1 Å². The van der Waals surface area contributed by atoms with E-state index >= 15 is 0 Å². The van der Waals surface area contributed by atoms with Crippen LogP contribution in [-0.4, -0.2) is 36.1 Å². The van der Waals surface area contributed by atoms with E-state index in [-0.39, 0.29) is 11.5 Å². The van der Waals surface area contributed by atoms with E-state index in [1.807, 2.05) is 22.8 Å². The van der Waals surface area contributed by atoms with Crippen LogP contribution < -0.4 is 15.1 Å². The van der Waals surface area contributed by atoms with Crippen molar-refractivity contribution in [1.29, 1.82) is 0 Å². The van der Waals surface area contributed by atoms with Crippen molar-refractivity contribution in [1.82, 2.24) is 9.97 Å². The first-order valence-corrected chi connectivity index (χ1v) is 9.32. The van der Waals surface area contributed by atoms with Gasteiger partial charge in [0.1, 0.15) is 23.3 Å². The zero-order valence-corrected chi connectivity index (χ0v) is 15.9. The molecule has 29 heavy (non-hydrogen) atoms. The maximum absolute atomic E-state index is 14.0. The summed E-state index contributed by atoms with van der Waals surface area (Å²) < 4.78 is 41.1. The van der Waals surface area contributed by atoms with Crippen LogP contribution in [-0.2, 0) is 0 Å². The summed E-state index contributed by atoms with van der Waals surface area (Å²) in [6.07, 6.45) is 0. The minimum atomic E-state index is -0.693. The molecular weight excluding hydrogens is 379 g/mol. The van der Waals surface area contributed by atoms with Gasteiger partial charge >= 0.3 is 0 Å². The minimum absolute atomic E-state index is 0.139. The van der Waals surface area contributed by atoms with E-state index in [1.165, 1.54) is 18.2 Å². The first kappa shape index (κ1) is 19.0. The first-order chi connectivity index (χ1) is 14.0. The lowest BCUT2D eigenvalue weighted by Crippen LogP contribution is -2.47. The van der Waals surface area contributed by atoms with E-state index < -0.39 is 11.6 Å². The molecule has 0 saturated carbocycles. The Morgan fingerprint density at radius 3 is 2.28 bits per heavy atom. The fourth-order valence-corrected chi connectivity index (χ4v) is 3.34. The summed E-state index contributed by atoms with van der Waals surface area (Å²) in [7, 11) is 0. The summed E-state index contributed by atoms with van der Waals surface area (Å²) >= 11 is 0. The summed E-state index contributed by atoms with van der Waals surface area (Å²) in [6, 6.07) is 11.7. The Labute approximate surface area is 166 Å². The number of nitrogens with zero attached hydrogens (tertiary/aromatic N) is 4. The zero-order valence-electron chi connectivity index (χ0n) is 15.9. The second-order valence-corrected chi connectivity index (χ2v) is 6.87. The van der Waals surface area contributed by atoms with Gasteiger partial charge in [0.25, 0.3) is 0 Å². The van der Waals surface area contributed by atoms with Gasteiger partial charge in [0.05, 0.1) is 11.4 Å². The van der Waals surface area contributed by atoms with Crippen LogP contribution in [0.2, 0.25) is 0 Å². The van der Waals surface area contributed by atoms with Crippen LogP contribution >= 0.6 is 0 Å². The van der Waals surface area contributed by atoms with Gasteiger partial charge in [0, 0.05) is 44.0 Å². The molecule has 0 atom stereocenters. The molecule has 2 heterocycles. The van der Waals surface area contributed by atoms with E-state index in [0.29, 0.717) is 43.6 Å². The van der Waals surface area contributed by atoms with E-state index in [2.05, 4.69) is 15.3 Å². The second-order valence-electron chi connectivity index (χ2n) is 6.87. The molecule has 1 saturated heterocycles. The topological polar surface area (TPSA) is 44.3 Å². The Morgan fingerprint density at radius 1 is 0.828 bits per heavy atom. The van der Waals surface area contributed by atoms with Gasteiger partial charge in [-0.05, 0) is 31.2 Å². The highest BCUT2D eigenvalue weighted by Crippen LogP contribution is 2.24. The van der Waals surface area contributed by atoms with Gasteiger partial charge in [-0.3, -0.25) is 0 Å². The van der Waals surface area contributed by atoms with Crippen molar-refractivity contribution in [2.24, 2.45) is 0 Å². The zero-order chi connectivity index (χ0) is 20.4. The van der Waals surface area contributed by atoms with Gasteiger partial charge in [-0.25, -0.2) is 18.2 Å². The van der Waals surface area contributed by atoms with Crippen LogP contribution in [0.1, 0.15) is 5.69 Å². The quantitative estimate of drug-likeness (QED) is 0.710. The molecule has 0 amide bonds. The molecule has 0 radical (unpaired) electrons. The standard InChI is InChI=1S/C21H20F3N5/c1-14-12-20(26-18-7-6-15(22)13-17(18)24)27-21(25-14)29-10-8-28(9-11-29)19-5-3-2-4-16(19)23/h2-7,12-13H,8-11H2,1H3,(H,25,26,27). The molecule has 1 N–H and O–H groups in total. The second kappa shape index (κ2) is 7.98. The lowest BCUT2D eigenvalue weighted by atomic mass is 10.2. The summed E-state index contributed by atoms with van der Waals surface area (Å²) in [5.74, 6) is -0.625. The number of halogens is 3. The number of aromatic nitrogens is 2. The van der Waals surface area contributed by atoms with Crippen molar-refractivity contribution in [3.8, 4) is 0 Å². The van der Waals surface area contributed by atoms with Gasteiger partial charge < -0.3 is 15.1 Å². The molecule has 0 spiro atoms. The maximum atomic E-state index is 14.0. The fraction of sp³-hybridized carbons (Fsp3) is 0.238. The average Bonchev–Trinajstić information content (AvgIpc) is 2.70. The number of para-hydroxylation sites is 1. The fourth-order valence-electron chi connectivity index (χ4n) is 3.34. The molecule has 5 nitrogen and oxygen atoms in total. The summed E-state index contributed by atoms with van der Waals surface area (Å²) in [6.45, 7) is 4.35. The molecule has 0 bridgehead atoms. The number of aryl methyl sites for hydroxylation is 1. The Balaban J connectivity index is 1.49. The highest BCUT2D eigenvalue weighted by Gasteiger charge is 2.21. The smallest absolute Gasteiger partial charge is 0.227 e. The lowest BCUT2D eigenvalue weighted by Gasteiger charge is -2.36. The van der Waals surface area contributed by atoms with Crippen LogP contribution in [0, 0.1) is 24.4 Å². The number of rotatable bonds is 4. The van der Waals surface area contributed by atoms with Crippen LogP contribution in [0.4, 0.5) is 36.3 Å². The molecular formula is C21H20F3N5. The van der Waals surface area contributed by atoms with Crippen molar-refractivity contribution < 1.29 is 13.2 Å². The Morgan fingerprint density at radius 2 is 1.55 bits per heavy atom. The van der Waals surface area contributed by atoms with E-state index in [4.69, 9.17) is 0 Å². The number of hydrogen-bond donors (Lipinski definition) is 1. The third kappa shape index (κ3) is 4.26. The number of anilines is 4. The summed E-state index contributed by atoms with van der Waals surface area (Å²) in [5, 5.41) is 2.88. The number of benzene rings is 2. The van der Waals surface area contributed by atoms with E-state index in [0.717, 1.165) is 11.8 Å². The monoisotopic (exact) mass is 399 g/mol. The molecule has 1 aliphatic rings. The number of hydrogen-bond acceptors (Lipinski definition) is 5. The predicted molar refractivity (Wildman–Crippen MR) is 107 cm³/mol. The molecule has 4 rings (SSSR count). The van der Waals surface area contributed by atoms with Gasteiger partial charge in [0.15, 0.2) is 0 Å². The first-order valence-electron chi connectivity index (χ1n) is 9.32. The largest absolute Gasteiger partial charge is 0.366 e. The Bertz CT molecular complexity index is 1020. The van der Waals surface area contributed by atoms with Crippen LogP contribution in [0.15, 0.2) is 48.5 Å². The van der Waals surface area contributed by atoms with E-state index in [1.54, 1.807) is 18.2 Å². The Kier molecular flexibility index (Phi) is 5.24. The average molecular weight is 399 g/mol. The molecule has 0 aliphatic carbocycles. The molecule has 0 unspecified atom stereocenters. The van der Waals surface area contributed by atoms with Crippen LogP contribution in [0.3, 0.4) is 0 Å². The molecule has 2 aromatic carbocycles. The number of nitrogens with one attached hydrogen (secondary N) is 1. The van der Waals surface area contributed by atoms with Crippen molar-refractivity contribution in [3.63, 3.8) is 0 Å². The SMILES string of the molecule is Cc1cc(Nc2ccc(F)cc2F)nc(N2CCN(c3ccccc3F)CC2)n1. The highest BCUT2D eigenvalue weighted by atomic mass is 19.1. The molecule has 8 heteroatoms. The van der Waals surface area contributed by atoms with Crippen molar-refractivity contribution >= 4 is 23.1 Å². The molecule has 3 aromatic rings. The third-order valence-electron chi connectivity index (χ3n) is 4.79. The third-order valence-corrected chi connectivity index (χ3v) is 4.79. The van der Waals surface area contributed by atoms with Crippen molar-refractivity contribution in [2.75, 3.05) is 41.3 Å². The van der Waals surface area contributed by atoms with Crippen molar-refractivity contribution in [3.05, 3.63) is 71.7 Å². The van der Waals surface area contributed by atoms with Gasteiger partial charge in [-0.2, -0.15) is 4.98 Å². The summed E-state index contributed by atoms with van der Waals surface area (Å²) in [5.41, 5.74) is 1.45. The molecule has 1 aromatic heterocycles. The maximum Gasteiger partial charge on any atom is 0.227 e. The Hall–Kier alpha value is -3.29. The number of piperazine rings is 1. The van der Waals surface area contributed by atoms with Crippen LogP contribution in [0.5, 0.6) is 0 Å². The van der Waals surface area contributed by atoms with Gasteiger partial charge in [-0.15, -0.1) is 0 Å². The molecule has 1 fully saturated rings. The molecule has 1 aliphatic heterocycles. The van der Waals surface area contributed by atoms with Crippen molar-refractivity contribution in [2.45, 2.75) is 6.92 Å². The lowest BCUT2D eigenvalue weighted by molar-refractivity contribution is 0.585.